The highest BCUT2D eigenvalue weighted by molar-refractivity contribution is 5.21. The summed E-state index contributed by atoms with van der Waals surface area (Å²) in [6, 6.07) is 0.683. The average Bonchev–Trinajstić information content (AvgIpc) is 2.63. The summed E-state index contributed by atoms with van der Waals surface area (Å²) in [5.41, 5.74) is 3.30. The van der Waals surface area contributed by atoms with Crippen LogP contribution >= 0.6 is 0 Å². The Morgan fingerprint density at radius 1 is 1.39 bits per heavy atom. The molecule has 1 saturated carbocycles. The third kappa shape index (κ3) is 2.09. The van der Waals surface area contributed by atoms with Gasteiger partial charge in [-0.25, -0.2) is 4.98 Å². The van der Waals surface area contributed by atoms with E-state index in [1.54, 1.807) is 0 Å². The Balaban J connectivity index is 1.94. The van der Waals surface area contributed by atoms with Gasteiger partial charge in [-0.15, -0.1) is 0 Å². The van der Waals surface area contributed by atoms with Gasteiger partial charge in [0.2, 0.25) is 0 Å². The Kier molecular flexibility index (Phi) is 2.97. The van der Waals surface area contributed by atoms with Crippen LogP contribution in [0.25, 0.3) is 0 Å². The molecule has 0 bridgehead atoms. The van der Waals surface area contributed by atoms with E-state index in [4.69, 9.17) is 4.98 Å². The number of rotatable bonds is 1. The molecular formula is C15H25N3. The quantitative estimate of drug-likeness (QED) is 0.827. The van der Waals surface area contributed by atoms with E-state index >= 15 is 0 Å². The lowest BCUT2D eigenvalue weighted by Crippen LogP contribution is -2.29. The van der Waals surface area contributed by atoms with E-state index in [0.717, 1.165) is 19.5 Å². The lowest BCUT2D eigenvalue weighted by atomic mass is 9.75. The second-order valence-corrected chi connectivity index (χ2v) is 6.76. The molecule has 3 heteroatoms. The number of imidazole rings is 1. The van der Waals surface area contributed by atoms with Crippen LogP contribution in [0, 0.1) is 12.3 Å². The summed E-state index contributed by atoms with van der Waals surface area (Å²) in [7, 11) is 0. The van der Waals surface area contributed by atoms with Gasteiger partial charge < -0.3 is 9.88 Å². The molecule has 18 heavy (non-hydrogen) atoms. The molecule has 100 valence electrons. The minimum atomic E-state index is 0.499. The highest BCUT2D eigenvalue weighted by Crippen LogP contribution is 2.42. The summed E-state index contributed by atoms with van der Waals surface area (Å²) in [5, 5.41) is 3.42. The number of aryl methyl sites for hydroxylation is 1. The molecule has 0 saturated heterocycles. The molecule has 2 heterocycles. The van der Waals surface area contributed by atoms with E-state index in [9.17, 15) is 0 Å². The van der Waals surface area contributed by atoms with Gasteiger partial charge in [-0.2, -0.15) is 0 Å². The van der Waals surface area contributed by atoms with Crippen LogP contribution in [-0.2, 0) is 13.0 Å². The van der Waals surface area contributed by atoms with Crippen molar-refractivity contribution in [3.8, 4) is 0 Å². The molecule has 1 aliphatic heterocycles. The third-order valence-electron chi connectivity index (χ3n) is 4.64. The molecule has 3 nitrogen and oxygen atoms in total. The van der Waals surface area contributed by atoms with E-state index < -0.39 is 0 Å². The number of nitrogens with one attached hydrogen (secondary N) is 1. The number of nitrogens with zero attached hydrogens (tertiary/aromatic N) is 2. The Morgan fingerprint density at radius 2 is 2.22 bits per heavy atom. The maximum absolute atomic E-state index is 4.77. The van der Waals surface area contributed by atoms with E-state index in [1.165, 1.54) is 42.9 Å². The number of hydrogen-bond acceptors (Lipinski definition) is 2. The van der Waals surface area contributed by atoms with Crippen molar-refractivity contribution in [3.05, 3.63) is 17.2 Å². The van der Waals surface area contributed by atoms with Crippen LogP contribution in [0.3, 0.4) is 0 Å². The minimum absolute atomic E-state index is 0.499. The highest BCUT2D eigenvalue weighted by atomic mass is 15.1. The number of fused-ring (bicyclic) bond motifs is 1. The van der Waals surface area contributed by atoms with Crippen molar-refractivity contribution in [2.45, 2.75) is 65.5 Å². The van der Waals surface area contributed by atoms with Gasteiger partial charge in [0.15, 0.2) is 0 Å². The maximum atomic E-state index is 4.77. The molecule has 1 fully saturated rings. The van der Waals surface area contributed by atoms with Gasteiger partial charge in [0.1, 0.15) is 5.82 Å². The molecule has 3 rings (SSSR count). The molecule has 1 atom stereocenters. The van der Waals surface area contributed by atoms with Gasteiger partial charge in [0.25, 0.3) is 0 Å². The van der Waals surface area contributed by atoms with Crippen molar-refractivity contribution in [1.82, 2.24) is 14.9 Å². The smallest absolute Gasteiger partial charge is 0.106 e. The summed E-state index contributed by atoms with van der Waals surface area (Å²) in [5.74, 6) is 1.23. The van der Waals surface area contributed by atoms with E-state index in [-0.39, 0.29) is 0 Å². The summed E-state index contributed by atoms with van der Waals surface area (Å²) < 4.78 is 2.57. The molecule has 1 N–H and O–H groups in total. The summed E-state index contributed by atoms with van der Waals surface area (Å²) in [6.45, 7) is 9.08. The van der Waals surface area contributed by atoms with E-state index in [0.29, 0.717) is 11.5 Å². The zero-order valence-electron chi connectivity index (χ0n) is 11.9. The van der Waals surface area contributed by atoms with Gasteiger partial charge in [0, 0.05) is 31.2 Å². The molecule has 0 radical (unpaired) electrons. The van der Waals surface area contributed by atoms with Crippen LogP contribution in [0.2, 0.25) is 0 Å². The first kappa shape index (κ1) is 12.2. The van der Waals surface area contributed by atoms with Crippen LogP contribution in [0.1, 0.15) is 62.8 Å². The normalized spacial score (nSPS) is 26.9. The van der Waals surface area contributed by atoms with Crippen molar-refractivity contribution >= 4 is 0 Å². The molecule has 1 unspecified atom stereocenters. The zero-order chi connectivity index (χ0) is 12.8. The van der Waals surface area contributed by atoms with Crippen LogP contribution < -0.4 is 5.32 Å². The van der Waals surface area contributed by atoms with Crippen molar-refractivity contribution in [2.24, 2.45) is 5.41 Å². The molecule has 1 aromatic heterocycles. The standard InChI is InChI=1S/C15H25N3/c1-11-17-13-10-16-8-6-14(13)18(11)12-5-4-7-15(2,3)9-12/h12,16H,4-10H2,1-3H3. The van der Waals surface area contributed by atoms with Crippen molar-refractivity contribution in [2.75, 3.05) is 6.54 Å². The fourth-order valence-corrected chi connectivity index (χ4v) is 3.83. The van der Waals surface area contributed by atoms with Gasteiger partial charge in [-0.3, -0.25) is 0 Å². The van der Waals surface area contributed by atoms with Crippen LogP contribution in [0.4, 0.5) is 0 Å². The zero-order valence-corrected chi connectivity index (χ0v) is 11.9. The minimum Gasteiger partial charge on any atom is -0.329 e. The van der Waals surface area contributed by atoms with Gasteiger partial charge in [-0.1, -0.05) is 20.3 Å². The Bertz CT molecular complexity index is 445. The third-order valence-corrected chi connectivity index (χ3v) is 4.64. The second-order valence-electron chi connectivity index (χ2n) is 6.76. The molecule has 0 amide bonds. The van der Waals surface area contributed by atoms with Gasteiger partial charge in [0.05, 0.1) is 5.69 Å². The maximum Gasteiger partial charge on any atom is 0.106 e. The van der Waals surface area contributed by atoms with Crippen molar-refractivity contribution in [3.63, 3.8) is 0 Å². The second kappa shape index (κ2) is 4.37. The van der Waals surface area contributed by atoms with E-state index in [2.05, 4.69) is 30.7 Å². The van der Waals surface area contributed by atoms with Crippen LogP contribution in [0.5, 0.6) is 0 Å². The monoisotopic (exact) mass is 247 g/mol. The summed E-state index contributed by atoms with van der Waals surface area (Å²) in [4.78, 5) is 4.77. The Hall–Kier alpha value is -0.830. The Labute approximate surface area is 110 Å². The molecule has 1 aliphatic carbocycles. The van der Waals surface area contributed by atoms with Crippen LogP contribution in [0.15, 0.2) is 0 Å². The van der Waals surface area contributed by atoms with Crippen molar-refractivity contribution < 1.29 is 0 Å². The largest absolute Gasteiger partial charge is 0.329 e. The summed E-state index contributed by atoms with van der Waals surface area (Å²) >= 11 is 0. The molecule has 0 spiro atoms. The molecular weight excluding hydrogens is 222 g/mol. The highest BCUT2D eigenvalue weighted by Gasteiger charge is 2.31. The first-order chi connectivity index (χ1) is 8.57. The Morgan fingerprint density at radius 3 is 3.00 bits per heavy atom. The van der Waals surface area contributed by atoms with Crippen LogP contribution in [-0.4, -0.2) is 16.1 Å². The summed E-state index contributed by atoms with van der Waals surface area (Å²) in [6.07, 6.45) is 6.53. The molecule has 0 aromatic carbocycles. The predicted molar refractivity (Wildman–Crippen MR) is 73.7 cm³/mol. The number of aromatic nitrogens is 2. The first-order valence-electron chi connectivity index (χ1n) is 7.34. The fourth-order valence-electron chi connectivity index (χ4n) is 3.83. The van der Waals surface area contributed by atoms with Gasteiger partial charge >= 0.3 is 0 Å². The fraction of sp³-hybridized carbons (Fsp3) is 0.800. The van der Waals surface area contributed by atoms with E-state index in [1.807, 2.05) is 0 Å². The average molecular weight is 247 g/mol. The lowest BCUT2D eigenvalue weighted by molar-refractivity contribution is 0.179. The topological polar surface area (TPSA) is 29.9 Å². The lowest BCUT2D eigenvalue weighted by Gasteiger charge is -2.37. The molecule has 2 aliphatic rings. The number of hydrogen-bond donors (Lipinski definition) is 1. The molecule has 1 aromatic rings. The van der Waals surface area contributed by atoms with Crippen molar-refractivity contribution in [1.29, 1.82) is 0 Å². The predicted octanol–water partition coefficient (Wildman–Crippen LogP) is 2.98. The van der Waals surface area contributed by atoms with Gasteiger partial charge in [-0.05, 0) is 31.6 Å². The SMILES string of the molecule is Cc1nc2c(n1C1CCCC(C)(C)C1)CCNC2. The first-order valence-corrected chi connectivity index (χ1v) is 7.34.